The van der Waals surface area contributed by atoms with Crippen molar-refractivity contribution in [2.45, 2.75) is 0 Å². The third kappa shape index (κ3) is 1.36. The molecular weight excluding hydrogens is 151 g/mol. The summed E-state index contributed by atoms with van der Waals surface area (Å²) in [6.07, 6.45) is 0. The molecule has 0 aromatic heterocycles. The van der Waals surface area contributed by atoms with Crippen molar-refractivity contribution < 1.29 is 4.74 Å². The first-order valence-electron chi connectivity index (χ1n) is 3.27. The average Bonchev–Trinajstić information content (AvgIpc) is 2.16. The van der Waals surface area contributed by atoms with Gasteiger partial charge in [0, 0.05) is 0 Å². The maximum atomic E-state index is 8.54. The van der Waals surface area contributed by atoms with Gasteiger partial charge in [-0.2, -0.15) is 5.26 Å². The molecule has 0 atom stereocenters. The van der Waals surface area contributed by atoms with Crippen molar-refractivity contribution in [3.8, 4) is 11.8 Å². The van der Waals surface area contributed by atoms with Crippen LogP contribution in [0.5, 0.6) is 5.75 Å². The summed E-state index contributed by atoms with van der Waals surface area (Å²) in [6, 6.07) is 6.69. The third-order valence-electron chi connectivity index (χ3n) is 1.43. The van der Waals surface area contributed by atoms with Crippen LogP contribution in [0, 0.1) is 17.9 Å². The first-order chi connectivity index (χ1) is 5.81. The molecular formula is C9H6N2O. The number of nitriles is 1. The van der Waals surface area contributed by atoms with E-state index in [4.69, 9.17) is 16.6 Å². The van der Waals surface area contributed by atoms with E-state index in [-0.39, 0.29) is 0 Å². The van der Waals surface area contributed by atoms with E-state index in [1.165, 1.54) is 7.11 Å². The van der Waals surface area contributed by atoms with E-state index in [1.54, 1.807) is 18.2 Å². The molecule has 3 heteroatoms. The number of rotatable bonds is 1. The number of benzene rings is 1. The van der Waals surface area contributed by atoms with Gasteiger partial charge in [0.25, 0.3) is 0 Å². The van der Waals surface area contributed by atoms with E-state index in [1.807, 2.05) is 6.07 Å². The number of methoxy groups -OCH3 is 1. The Kier molecular flexibility index (Phi) is 2.30. The molecule has 58 valence electrons. The lowest BCUT2D eigenvalue weighted by Gasteiger charge is -2.01. The summed E-state index contributed by atoms with van der Waals surface area (Å²) >= 11 is 0. The summed E-state index contributed by atoms with van der Waals surface area (Å²) in [5.41, 5.74) is 0.927. The molecule has 12 heavy (non-hydrogen) atoms. The van der Waals surface area contributed by atoms with Crippen molar-refractivity contribution in [3.05, 3.63) is 35.2 Å². The van der Waals surface area contributed by atoms with E-state index >= 15 is 0 Å². The van der Waals surface area contributed by atoms with Crippen molar-refractivity contribution >= 4 is 5.69 Å². The molecule has 0 fully saturated rings. The Balaban J connectivity index is 3.24. The van der Waals surface area contributed by atoms with Gasteiger partial charge in [0.15, 0.2) is 0 Å². The second-order valence-corrected chi connectivity index (χ2v) is 2.11. The average molecular weight is 157 g/mol. The van der Waals surface area contributed by atoms with Crippen LogP contribution in [0.25, 0.3) is 4.85 Å². The molecule has 0 saturated carbocycles. The summed E-state index contributed by atoms with van der Waals surface area (Å²) in [4.78, 5) is 3.23. The van der Waals surface area contributed by atoms with E-state index in [9.17, 15) is 0 Å². The Morgan fingerprint density at radius 1 is 1.58 bits per heavy atom. The van der Waals surface area contributed by atoms with Gasteiger partial charge in [-0.3, -0.25) is 0 Å². The predicted molar refractivity (Wildman–Crippen MR) is 44.0 cm³/mol. The molecule has 1 aromatic rings. The van der Waals surface area contributed by atoms with Gasteiger partial charge in [0.2, 0.25) is 5.69 Å². The smallest absolute Gasteiger partial charge is 0.228 e. The number of ether oxygens (including phenoxy) is 1. The molecule has 0 spiro atoms. The van der Waals surface area contributed by atoms with Crippen molar-refractivity contribution in [1.82, 2.24) is 0 Å². The van der Waals surface area contributed by atoms with Gasteiger partial charge in [-0.15, -0.1) is 0 Å². The highest BCUT2D eigenvalue weighted by molar-refractivity contribution is 5.60. The Morgan fingerprint density at radius 2 is 2.33 bits per heavy atom. The van der Waals surface area contributed by atoms with E-state index < -0.39 is 0 Å². The minimum absolute atomic E-state index is 0.427. The second kappa shape index (κ2) is 3.41. The maximum absolute atomic E-state index is 8.54. The van der Waals surface area contributed by atoms with Crippen LogP contribution in [0.2, 0.25) is 0 Å². The fourth-order valence-electron chi connectivity index (χ4n) is 0.840. The topological polar surface area (TPSA) is 37.4 Å². The molecule has 0 aliphatic carbocycles. The second-order valence-electron chi connectivity index (χ2n) is 2.11. The Morgan fingerprint density at radius 3 is 2.83 bits per heavy atom. The summed E-state index contributed by atoms with van der Waals surface area (Å²) < 4.78 is 4.91. The lowest BCUT2D eigenvalue weighted by Crippen LogP contribution is -1.83. The Hall–Kier alpha value is -2.00. The molecule has 0 radical (unpaired) electrons. The van der Waals surface area contributed by atoms with Crippen LogP contribution in [0.3, 0.4) is 0 Å². The largest absolute Gasteiger partial charge is 0.508 e. The Labute approximate surface area is 70.6 Å². The van der Waals surface area contributed by atoms with Crippen molar-refractivity contribution in [1.29, 1.82) is 5.26 Å². The monoisotopic (exact) mass is 157 g/mol. The van der Waals surface area contributed by atoms with Gasteiger partial charge in [-0.25, -0.2) is 4.85 Å². The van der Waals surface area contributed by atoms with Gasteiger partial charge >= 0.3 is 0 Å². The highest BCUT2D eigenvalue weighted by atomic mass is 16.5. The van der Waals surface area contributed by atoms with Crippen LogP contribution in [0.4, 0.5) is 5.69 Å². The highest BCUT2D eigenvalue weighted by Gasteiger charge is 2.02. The van der Waals surface area contributed by atoms with Crippen LogP contribution >= 0.6 is 0 Å². The number of hydrogen-bond donors (Lipinski definition) is 0. The van der Waals surface area contributed by atoms with Gasteiger partial charge < -0.3 is 4.74 Å². The van der Waals surface area contributed by atoms with Crippen LogP contribution in [-0.4, -0.2) is 7.11 Å². The minimum Gasteiger partial charge on any atom is -0.508 e. The van der Waals surface area contributed by atoms with Crippen molar-refractivity contribution in [2.75, 3.05) is 7.11 Å². The maximum Gasteiger partial charge on any atom is 0.228 e. The standard InChI is InChI=1S/C9H6N2O/c1-11-8-4-3-7(6-10)5-9(8)12-2/h3-5H,2H3/i1-1. The summed E-state index contributed by atoms with van der Waals surface area (Å²) in [7, 11) is 1.48. The van der Waals surface area contributed by atoms with Gasteiger partial charge in [-0.1, -0.05) is 12.1 Å². The summed E-state index contributed by atoms with van der Waals surface area (Å²) in [5.74, 6) is 0.448. The van der Waals surface area contributed by atoms with E-state index in [0.29, 0.717) is 17.0 Å². The number of nitrogens with zero attached hydrogens (tertiary/aromatic N) is 2. The van der Waals surface area contributed by atoms with Crippen LogP contribution < -0.4 is 4.74 Å². The van der Waals surface area contributed by atoms with Crippen LogP contribution in [0.1, 0.15) is 5.56 Å². The van der Waals surface area contributed by atoms with Crippen molar-refractivity contribution in [2.24, 2.45) is 0 Å². The fourth-order valence-corrected chi connectivity index (χ4v) is 0.840. The zero-order chi connectivity index (χ0) is 8.97. The van der Waals surface area contributed by atoms with Crippen LogP contribution in [0.15, 0.2) is 18.2 Å². The molecule has 0 amide bonds. The van der Waals surface area contributed by atoms with E-state index in [2.05, 4.69) is 4.85 Å². The fraction of sp³-hybridized carbons (Fsp3) is 0.111. The molecule has 1 rings (SSSR count). The summed E-state index contributed by atoms with van der Waals surface area (Å²) in [5, 5.41) is 8.54. The molecule has 1 aromatic carbocycles. The molecule has 0 N–H and O–H groups in total. The molecule has 0 bridgehead atoms. The minimum atomic E-state index is 0.427. The van der Waals surface area contributed by atoms with E-state index in [0.717, 1.165) is 0 Å². The lowest BCUT2D eigenvalue weighted by atomic mass is 10.2. The Bertz CT molecular complexity index is 371. The predicted octanol–water partition coefficient (Wildman–Crippen LogP) is 2.12. The van der Waals surface area contributed by atoms with Crippen molar-refractivity contribution in [3.63, 3.8) is 0 Å². The lowest BCUT2D eigenvalue weighted by molar-refractivity contribution is 0.417. The molecule has 0 aliphatic heterocycles. The summed E-state index contributed by atoms with van der Waals surface area (Å²) in [6.45, 7) is 6.78. The zero-order valence-electron chi connectivity index (χ0n) is 6.53. The zero-order valence-corrected chi connectivity index (χ0v) is 6.53. The third-order valence-corrected chi connectivity index (χ3v) is 1.43. The van der Waals surface area contributed by atoms with Gasteiger partial charge in [0.1, 0.15) is 5.75 Å². The van der Waals surface area contributed by atoms with Crippen LogP contribution in [-0.2, 0) is 0 Å². The number of hydrogen-bond acceptors (Lipinski definition) is 2. The first-order valence-corrected chi connectivity index (χ1v) is 3.27. The first kappa shape index (κ1) is 8.10. The SMILES string of the molecule is COc1cc(C#N)ccc1[N+]#[11C-]. The molecule has 3 nitrogen and oxygen atoms in total. The van der Waals surface area contributed by atoms with Gasteiger partial charge in [0.05, 0.1) is 25.3 Å². The molecule has 0 heterocycles. The molecule has 0 aliphatic rings. The van der Waals surface area contributed by atoms with Gasteiger partial charge in [-0.05, 0) is 6.07 Å². The molecule has 0 unspecified atom stereocenters. The highest BCUT2D eigenvalue weighted by Crippen LogP contribution is 2.27. The molecule has 0 saturated heterocycles. The normalized spacial score (nSPS) is 8.25. The quantitative estimate of drug-likeness (QED) is 0.585.